The summed E-state index contributed by atoms with van der Waals surface area (Å²) in [6.45, 7) is 0. The number of nitrogens with zero attached hydrogens (tertiary/aromatic N) is 3. The van der Waals surface area contributed by atoms with Crippen molar-refractivity contribution in [2.75, 3.05) is 0 Å². The summed E-state index contributed by atoms with van der Waals surface area (Å²) in [6.07, 6.45) is 1.82. The molecule has 0 bridgehead atoms. The minimum Gasteiger partial charge on any atom is -0.138 e. The summed E-state index contributed by atoms with van der Waals surface area (Å²) in [7, 11) is 0. The van der Waals surface area contributed by atoms with Gasteiger partial charge in [0.15, 0.2) is 0 Å². The van der Waals surface area contributed by atoms with Crippen LogP contribution in [-0.2, 0) is 0 Å². The van der Waals surface area contributed by atoms with Gasteiger partial charge in [-0.2, -0.15) is 0 Å². The fourth-order valence-electron chi connectivity index (χ4n) is 6.36. The monoisotopic (exact) mass is 535 g/mol. The first-order valence-corrected chi connectivity index (χ1v) is 14.1. The molecule has 0 aliphatic carbocycles. The van der Waals surface area contributed by atoms with Gasteiger partial charge in [-0.1, -0.05) is 146 Å². The summed E-state index contributed by atoms with van der Waals surface area (Å²) in [5.74, 6) is 0. The Kier molecular flexibility index (Phi) is 5.79. The number of rotatable bonds is 4. The Morgan fingerprint density at radius 1 is 0.357 bits per heavy atom. The lowest BCUT2D eigenvalue weighted by atomic mass is 9.83. The summed E-state index contributed by atoms with van der Waals surface area (Å²) in [6, 6.07) is 51.6. The Morgan fingerprint density at radius 2 is 0.833 bits per heavy atom. The van der Waals surface area contributed by atoms with E-state index in [4.69, 9.17) is 0 Å². The van der Waals surface area contributed by atoms with Crippen molar-refractivity contribution in [3.8, 4) is 44.6 Å². The fraction of sp³-hybridized carbons (Fsp3) is 0. The third-order valence-electron chi connectivity index (χ3n) is 8.17. The molecule has 8 aromatic rings. The predicted molar refractivity (Wildman–Crippen MR) is 174 cm³/mol. The topological polar surface area (TPSA) is 38.7 Å². The Labute approximate surface area is 243 Å². The van der Waals surface area contributed by atoms with E-state index < -0.39 is 0 Å². The number of hydrogen-bond donors (Lipinski definition) is 0. The van der Waals surface area contributed by atoms with Crippen LogP contribution in [0.5, 0.6) is 0 Å². The van der Waals surface area contributed by atoms with Crippen molar-refractivity contribution in [1.82, 2.24) is 15.4 Å². The molecule has 1 aromatic heterocycles. The molecule has 0 atom stereocenters. The van der Waals surface area contributed by atoms with Gasteiger partial charge in [0.1, 0.15) is 5.69 Å². The van der Waals surface area contributed by atoms with E-state index in [1.54, 1.807) is 0 Å². The van der Waals surface area contributed by atoms with Gasteiger partial charge in [0, 0.05) is 11.1 Å². The van der Waals surface area contributed by atoms with Crippen molar-refractivity contribution < 1.29 is 0 Å². The van der Waals surface area contributed by atoms with Crippen LogP contribution >= 0.6 is 0 Å². The lowest BCUT2D eigenvalue weighted by Crippen LogP contribution is -1.98. The van der Waals surface area contributed by atoms with Gasteiger partial charge in [-0.15, -0.1) is 10.2 Å². The second kappa shape index (κ2) is 10.1. The Morgan fingerprint density at radius 3 is 1.50 bits per heavy atom. The molecule has 3 heteroatoms. The smallest absolute Gasteiger partial charge is 0.105 e. The molecule has 7 aromatic carbocycles. The van der Waals surface area contributed by atoms with E-state index in [2.05, 4.69) is 143 Å². The van der Waals surface area contributed by atoms with E-state index in [0.717, 1.165) is 39.1 Å². The SMILES string of the molecule is c1ccc(-c2cnnnc2-c2cccc(-c3ccccc3)c2-c2cccc3c4ccccc4c4ccccc4c23)cc1. The van der Waals surface area contributed by atoms with Crippen LogP contribution < -0.4 is 0 Å². The van der Waals surface area contributed by atoms with E-state index in [9.17, 15) is 0 Å². The molecule has 0 N–H and O–H groups in total. The molecule has 3 nitrogen and oxygen atoms in total. The van der Waals surface area contributed by atoms with Gasteiger partial charge in [-0.25, -0.2) is 0 Å². The van der Waals surface area contributed by atoms with E-state index in [1.165, 1.54) is 37.9 Å². The Bertz CT molecular complexity index is 2190. The van der Waals surface area contributed by atoms with E-state index >= 15 is 0 Å². The lowest BCUT2D eigenvalue weighted by Gasteiger charge is -2.20. The number of hydrogen-bond acceptors (Lipinski definition) is 3. The van der Waals surface area contributed by atoms with Gasteiger partial charge < -0.3 is 0 Å². The maximum Gasteiger partial charge on any atom is 0.105 e. The average molecular weight is 536 g/mol. The molecule has 0 fully saturated rings. The highest BCUT2D eigenvalue weighted by Crippen LogP contribution is 2.47. The molecule has 196 valence electrons. The van der Waals surface area contributed by atoms with E-state index in [-0.39, 0.29) is 0 Å². The number of benzene rings is 7. The van der Waals surface area contributed by atoms with Gasteiger partial charge in [0.05, 0.1) is 6.20 Å². The van der Waals surface area contributed by atoms with Crippen molar-refractivity contribution >= 4 is 32.3 Å². The Balaban J connectivity index is 1.55. The zero-order valence-corrected chi connectivity index (χ0v) is 22.8. The molecule has 0 unspecified atom stereocenters. The lowest BCUT2D eigenvalue weighted by molar-refractivity contribution is 0.873. The van der Waals surface area contributed by atoms with Crippen molar-refractivity contribution in [1.29, 1.82) is 0 Å². The Hall–Kier alpha value is -5.67. The van der Waals surface area contributed by atoms with Crippen LogP contribution in [0.15, 0.2) is 152 Å². The second-order valence-electron chi connectivity index (χ2n) is 10.5. The number of fused-ring (bicyclic) bond motifs is 6. The second-order valence-corrected chi connectivity index (χ2v) is 10.5. The van der Waals surface area contributed by atoms with Gasteiger partial charge in [-0.05, 0) is 65.3 Å². The van der Waals surface area contributed by atoms with Crippen LogP contribution in [0.1, 0.15) is 0 Å². The molecule has 0 amide bonds. The summed E-state index contributed by atoms with van der Waals surface area (Å²) in [5.41, 5.74) is 8.44. The summed E-state index contributed by atoms with van der Waals surface area (Å²) >= 11 is 0. The van der Waals surface area contributed by atoms with Crippen LogP contribution in [0.25, 0.3) is 77.0 Å². The minimum atomic E-state index is 0.811. The van der Waals surface area contributed by atoms with Crippen molar-refractivity contribution in [3.05, 3.63) is 152 Å². The molecule has 0 saturated carbocycles. The quantitative estimate of drug-likeness (QED) is 0.211. The van der Waals surface area contributed by atoms with Gasteiger partial charge >= 0.3 is 0 Å². The highest BCUT2D eigenvalue weighted by Gasteiger charge is 2.21. The first-order valence-electron chi connectivity index (χ1n) is 14.1. The standard InChI is InChI=1S/C39H25N3/c1-3-13-26(14-4-1)28-21-11-24-35(39-36(25-40-42-41-39)27-15-5-2-6-16-27)37(28)34-23-12-22-33-31-18-8-7-17-29(31)30-19-9-10-20-32(30)38(33)34/h1-25H. The molecule has 8 rings (SSSR count). The zero-order chi connectivity index (χ0) is 27.9. The van der Waals surface area contributed by atoms with Crippen molar-refractivity contribution in [2.24, 2.45) is 0 Å². The summed E-state index contributed by atoms with van der Waals surface area (Å²) < 4.78 is 0. The van der Waals surface area contributed by atoms with E-state index in [1.807, 2.05) is 24.4 Å². The first-order chi connectivity index (χ1) is 20.9. The van der Waals surface area contributed by atoms with Gasteiger partial charge in [0.2, 0.25) is 0 Å². The fourth-order valence-corrected chi connectivity index (χ4v) is 6.36. The largest absolute Gasteiger partial charge is 0.138 e. The zero-order valence-electron chi connectivity index (χ0n) is 22.8. The van der Waals surface area contributed by atoms with Crippen LogP contribution in [0, 0.1) is 0 Å². The number of aromatic nitrogens is 3. The molecular formula is C39H25N3. The van der Waals surface area contributed by atoms with Crippen LogP contribution in [0.4, 0.5) is 0 Å². The average Bonchev–Trinajstić information content (AvgIpc) is 3.08. The highest BCUT2D eigenvalue weighted by molar-refractivity contribution is 6.29. The third-order valence-corrected chi connectivity index (χ3v) is 8.17. The molecule has 0 spiro atoms. The highest BCUT2D eigenvalue weighted by atomic mass is 15.3. The maximum atomic E-state index is 4.68. The van der Waals surface area contributed by atoms with E-state index in [0.29, 0.717) is 0 Å². The minimum absolute atomic E-state index is 0.811. The van der Waals surface area contributed by atoms with Crippen LogP contribution in [0.3, 0.4) is 0 Å². The normalized spacial score (nSPS) is 11.3. The molecule has 0 radical (unpaired) electrons. The summed E-state index contributed by atoms with van der Waals surface area (Å²) in [4.78, 5) is 0. The molecule has 0 saturated heterocycles. The van der Waals surface area contributed by atoms with Crippen LogP contribution in [0.2, 0.25) is 0 Å². The molecule has 42 heavy (non-hydrogen) atoms. The maximum absolute atomic E-state index is 4.68. The summed E-state index contributed by atoms with van der Waals surface area (Å²) in [5, 5.41) is 20.5. The van der Waals surface area contributed by atoms with Crippen molar-refractivity contribution in [3.63, 3.8) is 0 Å². The molecular weight excluding hydrogens is 510 g/mol. The van der Waals surface area contributed by atoms with Crippen LogP contribution in [-0.4, -0.2) is 15.4 Å². The van der Waals surface area contributed by atoms with Gasteiger partial charge in [0.25, 0.3) is 0 Å². The molecule has 0 aliphatic heterocycles. The molecule has 1 heterocycles. The van der Waals surface area contributed by atoms with Gasteiger partial charge in [-0.3, -0.25) is 0 Å². The first kappa shape index (κ1) is 24.2. The van der Waals surface area contributed by atoms with Crippen molar-refractivity contribution in [2.45, 2.75) is 0 Å². The predicted octanol–water partition coefficient (Wildman–Crippen LogP) is 10.00. The molecule has 0 aliphatic rings. The third kappa shape index (κ3) is 3.87.